The molecular formula is C30H33N3O6. The van der Waals surface area contributed by atoms with Crippen molar-refractivity contribution in [1.82, 2.24) is 15.5 Å². The molecule has 2 aliphatic carbocycles. The molecule has 39 heavy (non-hydrogen) atoms. The Kier molecular flexibility index (Phi) is 6.51. The number of nitrogens with zero attached hydrogens (tertiary/aromatic N) is 1. The van der Waals surface area contributed by atoms with Crippen LogP contribution in [-0.4, -0.2) is 69.9 Å². The van der Waals surface area contributed by atoms with E-state index in [9.17, 15) is 29.4 Å². The number of piperidine rings is 2. The summed E-state index contributed by atoms with van der Waals surface area (Å²) < 4.78 is 0. The highest BCUT2D eigenvalue weighted by Crippen LogP contribution is 2.50. The number of carbonyl (C=O) groups excluding carboxylic acids is 4. The third-order valence-corrected chi connectivity index (χ3v) is 9.16. The van der Waals surface area contributed by atoms with Gasteiger partial charge in [0, 0.05) is 29.6 Å². The van der Waals surface area contributed by atoms with Crippen LogP contribution < -0.4 is 10.6 Å². The third-order valence-electron chi connectivity index (χ3n) is 9.16. The molecule has 7 rings (SSSR count). The van der Waals surface area contributed by atoms with Gasteiger partial charge in [-0.15, -0.1) is 0 Å². The summed E-state index contributed by atoms with van der Waals surface area (Å²) in [5, 5.41) is 27.3. The van der Waals surface area contributed by atoms with Gasteiger partial charge < -0.3 is 25.7 Å². The fourth-order valence-electron chi connectivity index (χ4n) is 7.20. The molecule has 4 N–H and O–H groups in total. The molecular weight excluding hydrogens is 498 g/mol. The van der Waals surface area contributed by atoms with E-state index >= 15 is 0 Å². The van der Waals surface area contributed by atoms with Gasteiger partial charge in [-0.2, -0.15) is 0 Å². The van der Waals surface area contributed by atoms with Gasteiger partial charge in [-0.05, 0) is 55.6 Å². The third kappa shape index (κ3) is 4.06. The van der Waals surface area contributed by atoms with Crippen LogP contribution in [0.15, 0.2) is 48.5 Å². The van der Waals surface area contributed by atoms with Crippen molar-refractivity contribution in [2.45, 2.75) is 62.3 Å². The second-order valence-electron chi connectivity index (χ2n) is 11.2. The number of nitrogens with one attached hydrogen (secondary N) is 2. The highest BCUT2D eigenvalue weighted by Gasteiger charge is 2.56. The number of aliphatic hydroxyl groups excluding tert-OH is 1. The van der Waals surface area contributed by atoms with E-state index in [1.807, 2.05) is 24.3 Å². The van der Waals surface area contributed by atoms with Crippen molar-refractivity contribution in [2.24, 2.45) is 11.8 Å². The minimum absolute atomic E-state index is 0.0937. The SMILES string of the molecule is O=C1NCC[C@H]1C[C@@H](NC(=O)[C@H]1C2CCC(CC2)N1C(=O)C1(O)c2ccccc2-c2ccccc21)C(=O)CO. The van der Waals surface area contributed by atoms with Gasteiger partial charge in [0.2, 0.25) is 11.8 Å². The molecule has 3 saturated heterocycles. The van der Waals surface area contributed by atoms with Crippen molar-refractivity contribution < 1.29 is 29.4 Å². The van der Waals surface area contributed by atoms with E-state index in [1.165, 1.54) is 0 Å². The number of aliphatic hydroxyl groups is 2. The van der Waals surface area contributed by atoms with Crippen molar-refractivity contribution in [3.8, 4) is 11.1 Å². The molecule has 2 aromatic carbocycles. The molecule has 0 spiro atoms. The topological polar surface area (TPSA) is 136 Å². The van der Waals surface area contributed by atoms with Crippen LogP contribution in [0.1, 0.15) is 49.7 Å². The molecule has 9 heteroatoms. The molecule has 1 saturated carbocycles. The predicted molar refractivity (Wildman–Crippen MR) is 141 cm³/mol. The molecule has 2 bridgehead atoms. The largest absolute Gasteiger partial charge is 0.389 e. The Balaban J connectivity index is 1.33. The van der Waals surface area contributed by atoms with Crippen LogP contribution in [0, 0.1) is 11.8 Å². The van der Waals surface area contributed by atoms with E-state index in [1.54, 1.807) is 29.2 Å². The number of carbonyl (C=O) groups is 4. The summed E-state index contributed by atoms with van der Waals surface area (Å²) in [6.07, 6.45) is 3.65. The first-order valence-electron chi connectivity index (χ1n) is 13.8. The maximum absolute atomic E-state index is 14.5. The first-order valence-corrected chi connectivity index (χ1v) is 13.8. The monoisotopic (exact) mass is 531 g/mol. The van der Waals surface area contributed by atoms with Crippen LogP contribution in [0.4, 0.5) is 0 Å². The van der Waals surface area contributed by atoms with E-state index in [0.717, 1.165) is 36.8 Å². The van der Waals surface area contributed by atoms with Crippen molar-refractivity contribution in [3.63, 3.8) is 0 Å². The minimum atomic E-state index is -1.94. The van der Waals surface area contributed by atoms with Crippen LogP contribution in [0.5, 0.6) is 0 Å². The number of ketones is 1. The van der Waals surface area contributed by atoms with E-state index in [-0.39, 0.29) is 24.3 Å². The molecule has 3 atom stereocenters. The fraction of sp³-hybridized carbons (Fsp3) is 0.467. The summed E-state index contributed by atoms with van der Waals surface area (Å²) in [5.41, 5.74) is 0.631. The average molecular weight is 532 g/mol. The van der Waals surface area contributed by atoms with Crippen molar-refractivity contribution >= 4 is 23.5 Å². The quantitative estimate of drug-likeness (QED) is 0.425. The van der Waals surface area contributed by atoms with Gasteiger partial charge in [0.25, 0.3) is 5.91 Å². The zero-order valence-corrected chi connectivity index (χ0v) is 21.6. The number of amides is 3. The Morgan fingerprint density at radius 2 is 1.59 bits per heavy atom. The average Bonchev–Trinajstić information content (AvgIpc) is 3.50. The van der Waals surface area contributed by atoms with Crippen LogP contribution >= 0.6 is 0 Å². The highest BCUT2D eigenvalue weighted by atomic mass is 16.3. The summed E-state index contributed by atoms with van der Waals surface area (Å²) >= 11 is 0. The molecule has 0 radical (unpaired) electrons. The lowest BCUT2D eigenvalue weighted by molar-refractivity contribution is -0.166. The number of hydrogen-bond donors (Lipinski definition) is 4. The zero-order valence-electron chi connectivity index (χ0n) is 21.6. The Morgan fingerprint density at radius 1 is 0.974 bits per heavy atom. The highest BCUT2D eigenvalue weighted by molar-refractivity contribution is 6.01. The first-order chi connectivity index (χ1) is 18.8. The van der Waals surface area contributed by atoms with Gasteiger partial charge in [-0.25, -0.2) is 0 Å². The summed E-state index contributed by atoms with van der Waals surface area (Å²) in [6.45, 7) is -0.250. The van der Waals surface area contributed by atoms with E-state index in [4.69, 9.17) is 0 Å². The van der Waals surface area contributed by atoms with Crippen LogP contribution in [0.3, 0.4) is 0 Å². The molecule has 0 aromatic heterocycles. The van der Waals surface area contributed by atoms with Gasteiger partial charge in [0.15, 0.2) is 11.4 Å². The molecule has 9 nitrogen and oxygen atoms in total. The lowest BCUT2D eigenvalue weighted by Crippen LogP contribution is -2.66. The number of benzene rings is 2. The molecule has 5 aliphatic rings. The van der Waals surface area contributed by atoms with E-state index in [0.29, 0.717) is 24.1 Å². The number of hydrogen-bond acceptors (Lipinski definition) is 6. The van der Waals surface area contributed by atoms with Gasteiger partial charge in [-0.1, -0.05) is 48.5 Å². The second kappa shape index (κ2) is 9.88. The van der Waals surface area contributed by atoms with Gasteiger partial charge in [0.1, 0.15) is 12.6 Å². The summed E-state index contributed by atoms with van der Waals surface area (Å²) in [7, 11) is 0. The Hall–Kier alpha value is -3.56. The lowest BCUT2D eigenvalue weighted by Gasteiger charge is -2.52. The summed E-state index contributed by atoms with van der Waals surface area (Å²) in [6, 6.07) is 12.5. The fourth-order valence-corrected chi connectivity index (χ4v) is 7.20. The molecule has 0 unspecified atom stereocenters. The first kappa shape index (κ1) is 25.7. The van der Waals surface area contributed by atoms with Crippen LogP contribution in [0.25, 0.3) is 11.1 Å². The lowest BCUT2D eigenvalue weighted by atomic mass is 9.73. The summed E-state index contributed by atoms with van der Waals surface area (Å²) in [4.78, 5) is 54.7. The predicted octanol–water partition coefficient (Wildman–Crippen LogP) is 1.24. The molecule has 3 heterocycles. The van der Waals surface area contributed by atoms with Gasteiger partial charge in [0.05, 0.1) is 6.04 Å². The standard InChI is InChI=1S/C30H33N3O6/c34-16-25(35)24(15-18-13-14-31-27(18)36)32-28(37)26-17-9-11-19(12-10-17)33(26)29(38)30(39)22-7-3-1-5-20(22)21-6-2-4-8-23(21)30/h1-8,17-19,24,26,34,39H,9-16H2,(H,31,36)(H,32,37)/t17?,18-,19?,24+,26+/m0/s1. The van der Waals surface area contributed by atoms with Crippen molar-refractivity contribution in [3.05, 3.63) is 59.7 Å². The molecule has 204 valence electrons. The Morgan fingerprint density at radius 3 is 2.15 bits per heavy atom. The van der Waals surface area contributed by atoms with Crippen LogP contribution in [-0.2, 0) is 24.8 Å². The van der Waals surface area contributed by atoms with E-state index in [2.05, 4.69) is 10.6 Å². The number of fused-ring (bicyclic) bond motifs is 6. The smallest absolute Gasteiger partial charge is 0.264 e. The maximum Gasteiger partial charge on any atom is 0.264 e. The minimum Gasteiger partial charge on any atom is -0.389 e. The summed E-state index contributed by atoms with van der Waals surface area (Å²) in [5.74, 6) is -2.30. The van der Waals surface area contributed by atoms with Crippen molar-refractivity contribution in [1.29, 1.82) is 0 Å². The van der Waals surface area contributed by atoms with Crippen molar-refractivity contribution in [2.75, 3.05) is 13.2 Å². The molecule has 3 aliphatic heterocycles. The molecule has 3 amide bonds. The zero-order chi connectivity index (χ0) is 27.3. The van der Waals surface area contributed by atoms with Gasteiger partial charge in [-0.3, -0.25) is 19.2 Å². The number of Topliss-reactive ketones (excluding diaryl/α,β-unsaturated/α-hetero) is 1. The molecule has 2 aromatic rings. The Bertz CT molecular complexity index is 1290. The normalized spacial score (nSPS) is 26.9. The maximum atomic E-state index is 14.5. The number of rotatable bonds is 7. The Labute approximate surface area is 226 Å². The van der Waals surface area contributed by atoms with E-state index < -0.39 is 47.8 Å². The second-order valence-corrected chi connectivity index (χ2v) is 11.2. The van der Waals surface area contributed by atoms with Gasteiger partial charge >= 0.3 is 0 Å². The molecule has 4 fully saturated rings. The van der Waals surface area contributed by atoms with Crippen LogP contribution in [0.2, 0.25) is 0 Å².